The van der Waals surface area contributed by atoms with Gasteiger partial charge in [-0.3, -0.25) is 0 Å². The third-order valence-corrected chi connectivity index (χ3v) is 17.5. The molecular weight excluding hydrogens is 937 g/mol. The average Bonchev–Trinajstić information content (AvgIpc) is 4.03. The van der Waals surface area contributed by atoms with Crippen molar-refractivity contribution in [3.8, 4) is 33.4 Å². The Hall–Kier alpha value is -8.76. The number of aryl methyl sites for hydroxylation is 2. The van der Waals surface area contributed by atoms with E-state index in [9.17, 15) is 0 Å². The highest BCUT2D eigenvalue weighted by Crippen LogP contribution is 2.52. The molecule has 1 heterocycles. The molecule has 0 aliphatic heterocycles. The minimum atomic E-state index is -0.151. The monoisotopic (exact) mass is 992 g/mol. The summed E-state index contributed by atoms with van der Waals surface area (Å²) in [5.41, 5.74) is 23.9. The molecule has 14 rings (SSSR count). The van der Waals surface area contributed by atoms with Crippen LogP contribution in [0.5, 0.6) is 0 Å². The fraction of sp³-hybridized carbons (Fsp3) is 0.0959. The van der Waals surface area contributed by atoms with Crippen molar-refractivity contribution < 1.29 is 0 Å². The summed E-state index contributed by atoms with van der Waals surface area (Å²) in [6.07, 6.45) is 2.93. The van der Waals surface area contributed by atoms with E-state index in [-0.39, 0.29) is 11.3 Å². The minimum absolute atomic E-state index is 0.151. The van der Waals surface area contributed by atoms with Gasteiger partial charge in [-0.15, -0.1) is 11.3 Å². The Morgan fingerprint density at radius 1 is 0.382 bits per heavy atom. The van der Waals surface area contributed by atoms with Crippen molar-refractivity contribution in [2.75, 3.05) is 9.80 Å². The van der Waals surface area contributed by atoms with Crippen molar-refractivity contribution in [2.24, 2.45) is 0 Å². The summed E-state index contributed by atoms with van der Waals surface area (Å²) in [5, 5.41) is 2.62. The molecule has 364 valence electrons. The third kappa shape index (κ3) is 8.02. The molecule has 2 aliphatic carbocycles. The largest absolute Gasteiger partial charge is 0.310 e. The van der Waals surface area contributed by atoms with E-state index in [1.54, 1.807) is 0 Å². The molecule has 0 bridgehead atoms. The van der Waals surface area contributed by atoms with Gasteiger partial charge in [0.2, 0.25) is 0 Å². The van der Waals surface area contributed by atoms with Crippen molar-refractivity contribution in [2.45, 2.75) is 44.4 Å². The second kappa shape index (κ2) is 18.9. The van der Waals surface area contributed by atoms with Crippen LogP contribution in [-0.2, 0) is 24.7 Å². The van der Waals surface area contributed by atoms with Gasteiger partial charge < -0.3 is 9.80 Å². The van der Waals surface area contributed by atoms with E-state index < -0.39 is 0 Å². The second-order valence-electron chi connectivity index (χ2n) is 21.2. The van der Waals surface area contributed by atoms with Crippen molar-refractivity contribution in [1.29, 1.82) is 0 Å². The summed E-state index contributed by atoms with van der Waals surface area (Å²) in [6.45, 7) is 4.76. The van der Waals surface area contributed by atoms with Crippen LogP contribution >= 0.6 is 11.3 Å². The molecule has 0 fully saturated rings. The van der Waals surface area contributed by atoms with Crippen LogP contribution in [0.2, 0.25) is 0 Å². The SMILES string of the molecule is CC1(C)c2ccccc2-c2ccc(N(c3cccc(N(c4ccccc4)c4cccc(-c5cccc6c5sc5ccccc56)c4)c3)c3ccc4c(c3)CCc3ccc(CC(c5ccccc5)c5ccccc5)cc3-4)cc21. The second-order valence-corrected chi connectivity index (χ2v) is 22.2. The first-order valence-corrected chi connectivity index (χ1v) is 27.6. The van der Waals surface area contributed by atoms with E-state index in [1.807, 2.05) is 11.3 Å². The molecule has 2 nitrogen and oxygen atoms in total. The van der Waals surface area contributed by atoms with Gasteiger partial charge in [-0.05, 0) is 164 Å². The van der Waals surface area contributed by atoms with Crippen LogP contribution in [0, 0.1) is 0 Å². The predicted molar refractivity (Wildman–Crippen MR) is 323 cm³/mol. The van der Waals surface area contributed by atoms with Crippen LogP contribution in [-0.4, -0.2) is 0 Å². The highest BCUT2D eigenvalue weighted by molar-refractivity contribution is 7.26. The molecular formula is C73H56N2S. The van der Waals surface area contributed by atoms with Gasteiger partial charge in [0.05, 0.1) is 0 Å². The lowest BCUT2D eigenvalue weighted by molar-refractivity contribution is 0.660. The van der Waals surface area contributed by atoms with Gasteiger partial charge in [0.25, 0.3) is 0 Å². The number of anilines is 6. The molecule has 12 aromatic rings. The van der Waals surface area contributed by atoms with E-state index in [0.29, 0.717) is 0 Å². The maximum atomic E-state index is 2.50. The minimum Gasteiger partial charge on any atom is -0.310 e. The van der Waals surface area contributed by atoms with Crippen molar-refractivity contribution >= 4 is 65.6 Å². The molecule has 3 heteroatoms. The first kappa shape index (κ1) is 45.8. The molecule has 0 atom stereocenters. The lowest BCUT2D eigenvalue weighted by Gasteiger charge is -2.31. The quantitative estimate of drug-likeness (QED) is 0.127. The molecule has 2 aliphatic rings. The zero-order valence-corrected chi connectivity index (χ0v) is 43.6. The summed E-state index contributed by atoms with van der Waals surface area (Å²) >= 11 is 1.88. The summed E-state index contributed by atoms with van der Waals surface area (Å²) in [4.78, 5) is 4.92. The predicted octanol–water partition coefficient (Wildman–Crippen LogP) is 20.1. The first-order valence-electron chi connectivity index (χ1n) is 26.8. The Morgan fingerprint density at radius 3 is 1.71 bits per heavy atom. The van der Waals surface area contributed by atoms with E-state index in [1.165, 1.54) is 92.5 Å². The van der Waals surface area contributed by atoms with Crippen LogP contribution < -0.4 is 9.80 Å². The van der Waals surface area contributed by atoms with Crippen molar-refractivity contribution in [3.63, 3.8) is 0 Å². The molecule has 76 heavy (non-hydrogen) atoms. The Kier molecular flexibility index (Phi) is 11.4. The summed E-state index contributed by atoms with van der Waals surface area (Å²) in [7, 11) is 0. The number of nitrogens with zero attached hydrogens (tertiary/aromatic N) is 2. The van der Waals surface area contributed by atoms with Crippen molar-refractivity contribution in [3.05, 3.63) is 300 Å². The van der Waals surface area contributed by atoms with Gasteiger partial charge in [-0.1, -0.05) is 202 Å². The van der Waals surface area contributed by atoms with Crippen LogP contribution in [0.1, 0.15) is 58.7 Å². The van der Waals surface area contributed by atoms with Gasteiger partial charge in [0.1, 0.15) is 0 Å². The number of para-hydroxylation sites is 1. The summed E-state index contributed by atoms with van der Waals surface area (Å²) in [5.74, 6) is 0.268. The molecule has 0 saturated carbocycles. The third-order valence-electron chi connectivity index (χ3n) is 16.3. The standard InChI is InChI=1S/C73H56N2S/c1-73(2)69-33-14-12-29-63(69)64-42-40-60(48-70(64)73)75(59-39-41-61-54(46-59)38-37-52-36-35-49(44-68(52)61)43-67(50-19-6-3-7-20-50)51-21-8-4-9-22-51)58-28-17-27-57(47-58)74(55-24-10-5-11-25-55)56-26-16-23-53(45-56)62-31-18-32-66-65-30-13-15-34-71(65)76-72(62)66/h3-36,39-42,44-48,67H,37-38,43H2,1-2H3. The zero-order valence-electron chi connectivity index (χ0n) is 42.8. The number of rotatable bonds is 11. The van der Waals surface area contributed by atoms with Gasteiger partial charge in [-0.2, -0.15) is 0 Å². The number of hydrogen-bond donors (Lipinski definition) is 0. The molecule has 0 radical (unpaired) electrons. The van der Waals surface area contributed by atoms with E-state index in [0.717, 1.165) is 53.4 Å². The number of hydrogen-bond acceptors (Lipinski definition) is 3. The van der Waals surface area contributed by atoms with Gasteiger partial charge in [-0.25, -0.2) is 0 Å². The van der Waals surface area contributed by atoms with Crippen molar-refractivity contribution in [1.82, 2.24) is 0 Å². The van der Waals surface area contributed by atoms with E-state index >= 15 is 0 Å². The van der Waals surface area contributed by atoms with E-state index in [4.69, 9.17) is 0 Å². The lowest BCUT2D eigenvalue weighted by atomic mass is 9.81. The average molecular weight is 993 g/mol. The number of thiophene rings is 1. The Balaban J connectivity index is 0.883. The molecule has 0 unspecified atom stereocenters. The molecule has 0 N–H and O–H groups in total. The highest BCUT2D eigenvalue weighted by atomic mass is 32.1. The maximum Gasteiger partial charge on any atom is 0.0482 e. The normalized spacial score (nSPS) is 13.0. The lowest BCUT2D eigenvalue weighted by Crippen LogP contribution is -2.17. The Bertz CT molecular complexity index is 4090. The van der Waals surface area contributed by atoms with Gasteiger partial charge in [0, 0.05) is 65.6 Å². The Labute approximate surface area is 450 Å². The molecule has 11 aromatic carbocycles. The molecule has 0 spiro atoms. The first-order chi connectivity index (χ1) is 37.4. The zero-order chi connectivity index (χ0) is 50.7. The van der Waals surface area contributed by atoms with E-state index in [2.05, 4.69) is 285 Å². The summed E-state index contributed by atoms with van der Waals surface area (Å²) < 4.78 is 2.63. The molecule has 0 saturated heterocycles. The molecule has 0 amide bonds. The number of benzene rings is 11. The topological polar surface area (TPSA) is 6.48 Å². The van der Waals surface area contributed by atoms with Gasteiger partial charge in [0.15, 0.2) is 0 Å². The van der Waals surface area contributed by atoms with Crippen LogP contribution in [0.3, 0.4) is 0 Å². The van der Waals surface area contributed by atoms with Gasteiger partial charge >= 0.3 is 0 Å². The van der Waals surface area contributed by atoms with Crippen LogP contribution in [0.15, 0.2) is 261 Å². The van der Waals surface area contributed by atoms with Crippen LogP contribution in [0.4, 0.5) is 34.1 Å². The maximum absolute atomic E-state index is 2.50. The summed E-state index contributed by atoms with van der Waals surface area (Å²) in [6, 6.07) is 97.3. The highest BCUT2D eigenvalue weighted by Gasteiger charge is 2.36. The fourth-order valence-corrected chi connectivity index (χ4v) is 13.8. The van der Waals surface area contributed by atoms with Crippen LogP contribution in [0.25, 0.3) is 53.6 Å². The fourth-order valence-electron chi connectivity index (χ4n) is 12.6. The smallest absolute Gasteiger partial charge is 0.0482 e. The Morgan fingerprint density at radius 2 is 0.934 bits per heavy atom. The number of fused-ring (bicyclic) bond motifs is 9. The molecule has 1 aromatic heterocycles.